The van der Waals surface area contributed by atoms with Crippen LogP contribution in [0, 0.1) is 13.8 Å². The second kappa shape index (κ2) is 6.66. The summed E-state index contributed by atoms with van der Waals surface area (Å²) in [5.74, 6) is 0.756. The van der Waals surface area contributed by atoms with Crippen LogP contribution in [0.3, 0.4) is 0 Å². The maximum Gasteiger partial charge on any atom is 0.224 e. The Kier molecular flexibility index (Phi) is 4.41. The summed E-state index contributed by atoms with van der Waals surface area (Å²) < 4.78 is 3.84. The molecule has 1 N–H and O–H groups in total. The fourth-order valence-electron chi connectivity index (χ4n) is 2.45. The summed E-state index contributed by atoms with van der Waals surface area (Å²) in [5.41, 5.74) is 3.91. The highest BCUT2D eigenvalue weighted by atomic mass is 16.1. The Morgan fingerprint density at radius 3 is 2.50 bits per heavy atom. The van der Waals surface area contributed by atoms with Crippen LogP contribution in [0.15, 0.2) is 36.9 Å². The van der Waals surface area contributed by atoms with Crippen LogP contribution in [0.4, 0.5) is 5.69 Å². The van der Waals surface area contributed by atoms with Crippen LogP contribution in [-0.2, 0) is 18.3 Å². The van der Waals surface area contributed by atoms with E-state index in [2.05, 4.69) is 20.5 Å². The molecule has 3 aromatic rings. The highest BCUT2D eigenvalue weighted by molar-refractivity contribution is 5.90. The van der Waals surface area contributed by atoms with E-state index < -0.39 is 0 Å². The van der Waals surface area contributed by atoms with Gasteiger partial charge in [-0.25, -0.2) is 4.98 Å². The molecule has 0 radical (unpaired) electrons. The van der Waals surface area contributed by atoms with Gasteiger partial charge in [-0.1, -0.05) is 0 Å². The van der Waals surface area contributed by atoms with Crippen LogP contribution in [0.25, 0.3) is 5.69 Å². The second-order valence-electron chi connectivity index (χ2n) is 5.74. The number of hydrogen-bond acceptors (Lipinski definition) is 4. The van der Waals surface area contributed by atoms with Gasteiger partial charge in [0, 0.05) is 37.0 Å². The third kappa shape index (κ3) is 3.34. The number of aryl methyl sites for hydroxylation is 3. The number of nitrogens with zero attached hydrogens (tertiary/aromatic N) is 5. The SMILES string of the molecule is Cc1ncn(-c2ccc(NC(=O)CCc3nncn3C)cc2)c1C. The molecule has 1 aromatic carbocycles. The molecule has 0 bridgehead atoms. The van der Waals surface area contributed by atoms with Gasteiger partial charge in [-0.05, 0) is 38.1 Å². The first kappa shape index (κ1) is 15.9. The lowest BCUT2D eigenvalue weighted by Gasteiger charge is -2.08. The van der Waals surface area contributed by atoms with Gasteiger partial charge in [0.1, 0.15) is 12.2 Å². The van der Waals surface area contributed by atoms with E-state index in [1.54, 1.807) is 12.7 Å². The van der Waals surface area contributed by atoms with E-state index in [1.165, 1.54) is 0 Å². The van der Waals surface area contributed by atoms with E-state index in [1.807, 2.05) is 54.3 Å². The van der Waals surface area contributed by atoms with Crippen LogP contribution in [0.2, 0.25) is 0 Å². The van der Waals surface area contributed by atoms with Crippen molar-refractivity contribution in [2.75, 3.05) is 5.32 Å². The van der Waals surface area contributed by atoms with Gasteiger partial charge in [0.05, 0.1) is 12.0 Å². The quantitative estimate of drug-likeness (QED) is 0.780. The lowest BCUT2D eigenvalue weighted by atomic mass is 10.2. The molecule has 0 aliphatic rings. The van der Waals surface area contributed by atoms with Gasteiger partial charge in [-0.15, -0.1) is 10.2 Å². The van der Waals surface area contributed by atoms with E-state index in [0.717, 1.165) is 28.6 Å². The molecule has 2 heterocycles. The molecule has 0 aliphatic carbocycles. The van der Waals surface area contributed by atoms with E-state index in [4.69, 9.17) is 0 Å². The average Bonchev–Trinajstić information content (AvgIpc) is 3.13. The number of hydrogen-bond donors (Lipinski definition) is 1. The van der Waals surface area contributed by atoms with Crippen molar-refractivity contribution in [3.05, 3.63) is 54.1 Å². The van der Waals surface area contributed by atoms with E-state index >= 15 is 0 Å². The van der Waals surface area contributed by atoms with Crippen molar-refractivity contribution < 1.29 is 4.79 Å². The highest BCUT2D eigenvalue weighted by Crippen LogP contribution is 2.17. The van der Waals surface area contributed by atoms with Crippen LogP contribution < -0.4 is 5.32 Å². The molecule has 24 heavy (non-hydrogen) atoms. The van der Waals surface area contributed by atoms with E-state index in [-0.39, 0.29) is 5.91 Å². The molecule has 0 spiro atoms. The van der Waals surface area contributed by atoms with Gasteiger partial charge in [-0.2, -0.15) is 0 Å². The zero-order valence-electron chi connectivity index (χ0n) is 14.0. The van der Waals surface area contributed by atoms with Crippen molar-refractivity contribution in [1.29, 1.82) is 0 Å². The van der Waals surface area contributed by atoms with Crippen LogP contribution in [-0.4, -0.2) is 30.2 Å². The van der Waals surface area contributed by atoms with Gasteiger partial charge >= 0.3 is 0 Å². The number of imidazole rings is 1. The largest absolute Gasteiger partial charge is 0.326 e. The number of benzene rings is 1. The minimum absolute atomic E-state index is 0.0413. The van der Waals surface area contributed by atoms with Gasteiger partial charge in [0.15, 0.2) is 0 Å². The number of anilines is 1. The van der Waals surface area contributed by atoms with Gasteiger partial charge in [0.2, 0.25) is 5.91 Å². The molecule has 3 rings (SSSR count). The molecule has 0 atom stereocenters. The Hall–Kier alpha value is -2.96. The van der Waals surface area contributed by atoms with Gasteiger partial charge < -0.3 is 14.5 Å². The number of carbonyl (C=O) groups is 1. The summed E-state index contributed by atoms with van der Waals surface area (Å²) in [6.07, 6.45) is 4.37. The molecule has 0 fully saturated rings. The highest BCUT2D eigenvalue weighted by Gasteiger charge is 2.08. The predicted octanol–water partition coefficient (Wildman–Crippen LogP) is 2.19. The van der Waals surface area contributed by atoms with Crippen molar-refractivity contribution in [3.63, 3.8) is 0 Å². The Labute approximate surface area is 140 Å². The molecule has 124 valence electrons. The van der Waals surface area contributed by atoms with E-state index in [0.29, 0.717) is 12.8 Å². The Morgan fingerprint density at radius 2 is 1.92 bits per heavy atom. The molecule has 0 saturated carbocycles. The second-order valence-corrected chi connectivity index (χ2v) is 5.74. The predicted molar refractivity (Wildman–Crippen MR) is 91.0 cm³/mol. The average molecular weight is 324 g/mol. The summed E-state index contributed by atoms with van der Waals surface area (Å²) in [5, 5.41) is 10.7. The molecular formula is C17H20N6O. The standard InChI is InChI=1S/C17H20N6O/c1-12-13(2)23(10-18-12)15-6-4-14(5-7-15)20-17(24)9-8-16-21-19-11-22(16)3/h4-7,10-11H,8-9H2,1-3H3,(H,20,24). The summed E-state index contributed by atoms with van der Waals surface area (Å²) >= 11 is 0. The molecule has 0 unspecified atom stereocenters. The fourth-order valence-corrected chi connectivity index (χ4v) is 2.45. The van der Waals surface area contributed by atoms with Crippen LogP contribution in [0.5, 0.6) is 0 Å². The first-order valence-corrected chi connectivity index (χ1v) is 7.78. The van der Waals surface area contributed by atoms with Gasteiger partial charge in [-0.3, -0.25) is 4.79 Å². The molecule has 7 nitrogen and oxygen atoms in total. The van der Waals surface area contributed by atoms with E-state index in [9.17, 15) is 4.79 Å². The maximum absolute atomic E-state index is 12.0. The topological polar surface area (TPSA) is 77.6 Å². The molecule has 0 aliphatic heterocycles. The summed E-state index contributed by atoms with van der Waals surface area (Å²) in [6.45, 7) is 4.02. The Bertz CT molecular complexity index is 846. The van der Waals surface area contributed by atoms with Gasteiger partial charge in [0.25, 0.3) is 0 Å². The molecule has 1 amide bonds. The zero-order valence-corrected chi connectivity index (χ0v) is 14.0. The Morgan fingerprint density at radius 1 is 1.17 bits per heavy atom. The minimum Gasteiger partial charge on any atom is -0.326 e. The molecule has 0 saturated heterocycles. The molecule has 7 heteroatoms. The number of aromatic nitrogens is 5. The van der Waals surface area contributed by atoms with Crippen molar-refractivity contribution in [3.8, 4) is 5.69 Å². The monoisotopic (exact) mass is 324 g/mol. The van der Waals surface area contributed by atoms with Crippen molar-refractivity contribution in [1.82, 2.24) is 24.3 Å². The fraction of sp³-hybridized carbons (Fsp3) is 0.294. The number of carbonyl (C=O) groups excluding carboxylic acids is 1. The first-order chi connectivity index (χ1) is 11.5. The first-order valence-electron chi connectivity index (χ1n) is 7.78. The number of rotatable bonds is 5. The normalized spacial score (nSPS) is 10.8. The van der Waals surface area contributed by atoms with Crippen molar-refractivity contribution in [2.24, 2.45) is 7.05 Å². The van der Waals surface area contributed by atoms with Crippen LogP contribution in [0.1, 0.15) is 23.6 Å². The van der Waals surface area contributed by atoms with Crippen LogP contribution >= 0.6 is 0 Å². The number of nitrogens with one attached hydrogen (secondary N) is 1. The zero-order chi connectivity index (χ0) is 17.1. The maximum atomic E-state index is 12.0. The summed E-state index contributed by atoms with van der Waals surface area (Å²) in [4.78, 5) is 16.3. The van der Waals surface area contributed by atoms with Crippen molar-refractivity contribution >= 4 is 11.6 Å². The lowest BCUT2D eigenvalue weighted by Crippen LogP contribution is -2.13. The number of amides is 1. The summed E-state index contributed by atoms with van der Waals surface area (Å²) in [7, 11) is 1.87. The lowest BCUT2D eigenvalue weighted by molar-refractivity contribution is -0.116. The Balaban J connectivity index is 1.60. The smallest absolute Gasteiger partial charge is 0.224 e. The summed E-state index contributed by atoms with van der Waals surface area (Å²) in [6, 6.07) is 7.72. The third-order valence-corrected chi connectivity index (χ3v) is 4.06. The third-order valence-electron chi connectivity index (χ3n) is 4.06. The molecular weight excluding hydrogens is 304 g/mol. The molecule has 2 aromatic heterocycles. The minimum atomic E-state index is -0.0413. The van der Waals surface area contributed by atoms with Crippen molar-refractivity contribution in [2.45, 2.75) is 26.7 Å².